The Bertz CT molecular complexity index is 1260. The number of anilines is 1. The molecule has 2 aliphatic rings. The number of benzene rings is 2. The molecule has 2 atom stereocenters. The van der Waals surface area contributed by atoms with E-state index in [1.165, 1.54) is 0 Å². The zero-order valence-corrected chi connectivity index (χ0v) is 18.8. The number of hydrogen-bond acceptors (Lipinski definition) is 7. The molecule has 33 heavy (non-hydrogen) atoms. The predicted molar refractivity (Wildman–Crippen MR) is 123 cm³/mol. The molecule has 2 heterocycles. The molecule has 0 saturated heterocycles. The van der Waals surface area contributed by atoms with Gasteiger partial charge in [0.05, 0.1) is 25.0 Å². The Labute approximate surface area is 192 Å². The first-order valence-electron chi connectivity index (χ1n) is 11.1. The van der Waals surface area contributed by atoms with E-state index < -0.39 is 0 Å². The van der Waals surface area contributed by atoms with Crippen LogP contribution >= 0.6 is 0 Å². The monoisotopic (exact) mass is 446 g/mol. The number of para-hydroxylation sites is 1. The van der Waals surface area contributed by atoms with Crippen molar-refractivity contribution in [1.82, 2.24) is 5.16 Å². The number of carbonyl (C=O) groups is 1. The highest BCUT2D eigenvalue weighted by Crippen LogP contribution is 2.50. The lowest BCUT2D eigenvalue weighted by atomic mass is 9.72. The third kappa shape index (κ3) is 3.53. The highest BCUT2D eigenvalue weighted by atomic mass is 16.5. The normalized spacial score (nSPS) is 19.5. The van der Waals surface area contributed by atoms with Crippen LogP contribution in [0.3, 0.4) is 0 Å². The molecule has 7 heteroatoms. The van der Waals surface area contributed by atoms with Crippen LogP contribution in [0.15, 0.2) is 58.3 Å². The largest absolute Gasteiger partial charge is 0.508 e. The molecule has 1 aliphatic heterocycles. The molecule has 2 aromatic carbocycles. The van der Waals surface area contributed by atoms with Gasteiger partial charge in [-0.3, -0.25) is 4.79 Å². The molecule has 170 valence electrons. The zero-order chi connectivity index (χ0) is 23.1. The molecule has 0 radical (unpaired) electrons. The SMILES string of the molecule is CCOc1cc([C@H]2C3=C(C[C@H](c4ccccc4O)CC3=O)Nc3onc(C)c32)ccc1OC. The second kappa shape index (κ2) is 8.31. The summed E-state index contributed by atoms with van der Waals surface area (Å²) in [5.41, 5.74) is 4.80. The van der Waals surface area contributed by atoms with Crippen molar-refractivity contribution >= 4 is 11.7 Å². The summed E-state index contributed by atoms with van der Waals surface area (Å²) < 4.78 is 16.8. The van der Waals surface area contributed by atoms with E-state index in [9.17, 15) is 9.90 Å². The maximum absolute atomic E-state index is 13.6. The summed E-state index contributed by atoms with van der Waals surface area (Å²) in [7, 11) is 1.61. The molecule has 0 fully saturated rings. The van der Waals surface area contributed by atoms with Crippen molar-refractivity contribution in [2.75, 3.05) is 19.0 Å². The van der Waals surface area contributed by atoms with Crippen molar-refractivity contribution in [3.8, 4) is 17.2 Å². The van der Waals surface area contributed by atoms with Crippen molar-refractivity contribution in [2.24, 2.45) is 0 Å². The maximum Gasteiger partial charge on any atom is 0.233 e. The van der Waals surface area contributed by atoms with Gasteiger partial charge >= 0.3 is 0 Å². The molecular formula is C26H26N2O5. The van der Waals surface area contributed by atoms with E-state index >= 15 is 0 Å². The number of methoxy groups -OCH3 is 1. The van der Waals surface area contributed by atoms with Gasteiger partial charge in [0.1, 0.15) is 5.75 Å². The van der Waals surface area contributed by atoms with Crippen LogP contribution in [-0.4, -0.2) is 29.8 Å². The molecule has 1 aromatic heterocycles. The number of fused-ring (bicyclic) bond motifs is 1. The van der Waals surface area contributed by atoms with Gasteiger partial charge < -0.3 is 24.4 Å². The Morgan fingerprint density at radius 1 is 1.18 bits per heavy atom. The van der Waals surface area contributed by atoms with Gasteiger partial charge in [-0.15, -0.1) is 0 Å². The highest BCUT2D eigenvalue weighted by Gasteiger charge is 2.41. The van der Waals surface area contributed by atoms with Gasteiger partial charge in [0.2, 0.25) is 5.88 Å². The van der Waals surface area contributed by atoms with Gasteiger partial charge in [-0.1, -0.05) is 29.4 Å². The molecule has 2 N–H and O–H groups in total. The van der Waals surface area contributed by atoms with E-state index in [-0.39, 0.29) is 23.4 Å². The van der Waals surface area contributed by atoms with Crippen LogP contribution in [0.2, 0.25) is 0 Å². The second-order valence-corrected chi connectivity index (χ2v) is 8.39. The van der Waals surface area contributed by atoms with Crippen LogP contribution < -0.4 is 14.8 Å². The number of aromatic nitrogens is 1. The first kappa shape index (κ1) is 21.1. The number of nitrogens with zero attached hydrogens (tertiary/aromatic N) is 1. The van der Waals surface area contributed by atoms with E-state index in [1.54, 1.807) is 19.2 Å². The number of rotatable bonds is 5. The number of nitrogens with one attached hydrogen (secondary N) is 1. The lowest BCUT2D eigenvalue weighted by Gasteiger charge is -2.34. The third-order valence-corrected chi connectivity index (χ3v) is 6.46. The Kier molecular flexibility index (Phi) is 5.32. The Hall–Kier alpha value is -3.74. The van der Waals surface area contributed by atoms with Crippen molar-refractivity contribution in [3.63, 3.8) is 0 Å². The van der Waals surface area contributed by atoms with Gasteiger partial charge in [-0.25, -0.2) is 0 Å². The molecule has 0 saturated carbocycles. The first-order chi connectivity index (χ1) is 16.0. The van der Waals surface area contributed by atoms with Gasteiger partial charge in [0.15, 0.2) is 17.3 Å². The van der Waals surface area contributed by atoms with Crippen LogP contribution in [0.4, 0.5) is 5.88 Å². The number of phenols is 1. The number of aromatic hydroxyl groups is 1. The van der Waals surface area contributed by atoms with Crippen LogP contribution in [-0.2, 0) is 4.79 Å². The summed E-state index contributed by atoms with van der Waals surface area (Å²) in [4.78, 5) is 13.6. The lowest BCUT2D eigenvalue weighted by Crippen LogP contribution is -2.29. The first-order valence-corrected chi connectivity index (χ1v) is 11.1. The third-order valence-electron chi connectivity index (χ3n) is 6.46. The van der Waals surface area contributed by atoms with Crippen molar-refractivity contribution in [1.29, 1.82) is 0 Å². The molecule has 3 aromatic rings. The predicted octanol–water partition coefficient (Wildman–Crippen LogP) is 5.05. The van der Waals surface area contributed by atoms with Gasteiger partial charge in [-0.05, 0) is 49.6 Å². The highest BCUT2D eigenvalue weighted by molar-refractivity contribution is 6.01. The molecule has 5 rings (SSSR count). The number of aryl methyl sites for hydroxylation is 1. The minimum absolute atomic E-state index is 0.0435. The molecule has 0 bridgehead atoms. The number of Topliss-reactive ketones (excluding diaryl/α,β-unsaturated/α-hetero) is 1. The Morgan fingerprint density at radius 3 is 2.76 bits per heavy atom. The molecular weight excluding hydrogens is 420 g/mol. The molecule has 7 nitrogen and oxygen atoms in total. The number of hydrogen-bond donors (Lipinski definition) is 2. The van der Waals surface area contributed by atoms with Crippen LogP contribution in [0.25, 0.3) is 0 Å². The van der Waals surface area contributed by atoms with E-state index in [2.05, 4.69) is 10.5 Å². The summed E-state index contributed by atoms with van der Waals surface area (Å²) >= 11 is 0. The van der Waals surface area contributed by atoms with Crippen LogP contribution in [0.5, 0.6) is 17.2 Å². The number of allylic oxidation sites excluding steroid dienone is 2. The number of ketones is 1. The number of phenolic OH excluding ortho intramolecular Hbond substituents is 1. The number of carbonyl (C=O) groups excluding carboxylic acids is 1. The molecule has 1 aliphatic carbocycles. The fraction of sp³-hybridized carbons (Fsp3) is 0.308. The molecule has 0 spiro atoms. The average Bonchev–Trinajstić information content (AvgIpc) is 3.18. The van der Waals surface area contributed by atoms with E-state index in [1.807, 2.05) is 44.2 Å². The second-order valence-electron chi connectivity index (χ2n) is 8.39. The van der Waals surface area contributed by atoms with Crippen LogP contribution in [0, 0.1) is 6.92 Å². The van der Waals surface area contributed by atoms with E-state index in [4.69, 9.17) is 14.0 Å². The fourth-order valence-electron chi connectivity index (χ4n) is 5.00. The summed E-state index contributed by atoms with van der Waals surface area (Å²) in [6, 6.07) is 13.0. The van der Waals surface area contributed by atoms with Crippen molar-refractivity contribution in [3.05, 3.63) is 76.1 Å². The minimum Gasteiger partial charge on any atom is -0.508 e. The summed E-state index contributed by atoms with van der Waals surface area (Å²) in [5.74, 6) is 1.62. The van der Waals surface area contributed by atoms with Crippen molar-refractivity contribution < 1.29 is 23.9 Å². The summed E-state index contributed by atoms with van der Waals surface area (Å²) in [5, 5.41) is 17.9. The molecule has 0 amide bonds. The standard InChI is InChI=1S/C26H26N2O5/c1-4-32-22-13-15(9-10-21(22)31-3)24-23-14(2)28-33-26(23)27-18-11-16(12-20(30)25(18)24)17-7-5-6-8-19(17)29/h5-10,13,16,24,27,29H,4,11-12H2,1-3H3/t16-,24+/m0/s1. The zero-order valence-electron chi connectivity index (χ0n) is 18.8. The topological polar surface area (TPSA) is 93.8 Å². The quantitative estimate of drug-likeness (QED) is 0.566. The van der Waals surface area contributed by atoms with E-state index in [0.717, 1.165) is 28.1 Å². The van der Waals surface area contributed by atoms with E-state index in [0.29, 0.717) is 42.4 Å². The van der Waals surface area contributed by atoms with Gasteiger partial charge in [-0.2, -0.15) is 0 Å². The Balaban J connectivity index is 1.63. The fourth-order valence-corrected chi connectivity index (χ4v) is 5.00. The van der Waals surface area contributed by atoms with Crippen LogP contribution in [0.1, 0.15) is 54.0 Å². The average molecular weight is 447 g/mol. The summed E-state index contributed by atoms with van der Waals surface area (Å²) in [6.07, 6.45) is 0.908. The minimum atomic E-state index is -0.328. The van der Waals surface area contributed by atoms with Gasteiger partial charge in [0, 0.05) is 29.5 Å². The molecule has 0 unspecified atom stereocenters. The Morgan fingerprint density at radius 2 is 2.00 bits per heavy atom. The summed E-state index contributed by atoms with van der Waals surface area (Å²) in [6.45, 7) is 4.30. The maximum atomic E-state index is 13.6. The van der Waals surface area contributed by atoms with Gasteiger partial charge in [0.25, 0.3) is 0 Å². The lowest BCUT2D eigenvalue weighted by molar-refractivity contribution is -0.116. The number of ether oxygens (including phenoxy) is 2. The smallest absolute Gasteiger partial charge is 0.233 e. The van der Waals surface area contributed by atoms with Crippen molar-refractivity contribution in [2.45, 2.75) is 38.5 Å².